The van der Waals surface area contributed by atoms with E-state index in [4.69, 9.17) is 5.11 Å². The van der Waals surface area contributed by atoms with Crippen molar-refractivity contribution in [1.82, 2.24) is 14.8 Å². The molecule has 0 unspecified atom stereocenters. The minimum absolute atomic E-state index is 0.0619. The third-order valence-electron chi connectivity index (χ3n) is 2.16. The zero-order chi connectivity index (χ0) is 11.0. The Labute approximate surface area is 86.4 Å². The van der Waals surface area contributed by atoms with Gasteiger partial charge in [-0.15, -0.1) is 0 Å². The van der Waals surface area contributed by atoms with Crippen LogP contribution in [0.1, 0.15) is 30.4 Å². The van der Waals surface area contributed by atoms with Gasteiger partial charge >= 0.3 is 5.97 Å². The first-order valence-electron chi connectivity index (χ1n) is 4.67. The van der Waals surface area contributed by atoms with Crippen LogP contribution in [0.3, 0.4) is 0 Å². The second kappa shape index (κ2) is 3.34. The molecule has 2 heterocycles. The summed E-state index contributed by atoms with van der Waals surface area (Å²) in [5, 5.41) is 13.6. The number of nitrogens with zero attached hydrogens (tertiary/aromatic N) is 3. The summed E-state index contributed by atoms with van der Waals surface area (Å²) in [6.45, 7) is 3.87. The van der Waals surface area contributed by atoms with E-state index in [1.54, 1.807) is 23.0 Å². The van der Waals surface area contributed by atoms with Crippen LogP contribution < -0.4 is 0 Å². The molecule has 0 aliphatic rings. The molecule has 5 nitrogen and oxygen atoms in total. The summed E-state index contributed by atoms with van der Waals surface area (Å²) in [7, 11) is 0. The minimum atomic E-state index is -1.02. The Balaban J connectivity index is 2.79. The van der Waals surface area contributed by atoms with E-state index in [0.29, 0.717) is 11.0 Å². The number of fused-ring (bicyclic) bond motifs is 1. The maximum Gasteiger partial charge on any atom is 0.357 e. The Bertz CT molecular complexity index is 516. The van der Waals surface area contributed by atoms with Gasteiger partial charge in [-0.1, -0.05) is 0 Å². The molecule has 0 atom stereocenters. The normalized spacial score (nSPS) is 11.1. The Hall–Kier alpha value is -1.91. The SMILES string of the molecule is CC(C)n1nc(C(=O)O)c2cccnc21. The van der Waals surface area contributed by atoms with Gasteiger partial charge < -0.3 is 5.11 Å². The molecule has 0 spiro atoms. The van der Waals surface area contributed by atoms with Crippen molar-refractivity contribution in [2.45, 2.75) is 19.9 Å². The number of pyridine rings is 1. The first-order chi connectivity index (χ1) is 7.11. The molecule has 0 saturated carbocycles. The second-order valence-electron chi connectivity index (χ2n) is 3.57. The molecule has 0 bridgehead atoms. The van der Waals surface area contributed by atoms with E-state index < -0.39 is 5.97 Å². The van der Waals surface area contributed by atoms with Crippen LogP contribution in [-0.2, 0) is 0 Å². The van der Waals surface area contributed by atoms with Gasteiger partial charge in [0.05, 0.1) is 5.39 Å². The number of hydrogen-bond donors (Lipinski definition) is 1. The molecule has 5 heteroatoms. The maximum atomic E-state index is 10.9. The summed E-state index contributed by atoms with van der Waals surface area (Å²) in [4.78, 5) is 15.1. The highest BCUT2D eigenvalue weighted by atomic mass is 16.4. The van der Waals surface area contributed by atoms with Crippen molar-refractivity contribution in [2.24, 2.45) is 0 Å². The van der Waals surface area contributed by atoms with Gasteiger partial charge in [-0.3, -0.25) is 0 Å². The zero-order valence-electron chi connectivity index (χ0n) is 8.51. The molecule has 2 rings (SSSR count). The van der Waals surface area contributed by atoms with Crippen LogP contribution in [-0.4, -0.2) is 25.8 Å². The number of rotatable bonds is 2. The van der Waals surface area contributed by atoms with Crippen molar-refractivity contribution < 1.29 is 9.90 Å². The van der Waals surface area contributed by atoms with Gasteiger partial charge in [0.25, 0.3) is 0 Å². The number of aromatic nitrogens is 3. The summed E-state index contributed by atoms with van der Waals surface area (Å²) in [5.74, 6) is -1.02. The van der Waals surface area contributed by atoms with Gasteiger partial charge in [-0.2, -0.15) is 5.10 Å². The highest BCUT2D eigenvalue weighted by Gasteiger charge is 2.17. The number of aromatic carboxylic acids is 1. The smallest absolute Gasteiger partial charge is 0.357 e. The lowest BCUT2D eigenvalue weighted by Crippen LogP contribution is -2.05. The van der Waals surface area contributed by atoms with E-state index in [1.165, 1.54) is 0 Å². The molecular formula is C10H11N3O2. The van der Waals surface area contributed by atoms with Crippen molar-refractivity contribution in [3.05, 3.63) is 24.0 Å². The molecular weight excluding hydrogens is 194 g/mol. The highest BCUT2D eigenvalue weighted by Crippen LogP contribution is 2.19. The van der Waals surface area contributed by atoms with Crippen molar-refractivity contribution in [3.63, 3.8) is 0 Å². The molecule has 0 amide bonds. The van der Waals surface area contributed by atoms with Gasteiger partial charge in [0.2, 0.25) is 0 Å². The van der Waals surface area contributed by atoms with Gasteiger partial charge in [-0.05, 0) is 26.0 Å². The second-order valence-corrected chi connectivity index (χ2v) is 3.57. The summed E-state index contributed by atoms with van der Waals surface area (Å²) in [6.07, 6.45) is 1.63. The topological polar surface area (TPSA) is 68.0 Å². The lowest BCUT2D eigenvalue weighted by molar-refractivity contribution is 0.0691. The standard InChI is InChI=1S/C10H11N3O2/c1-6(2)13-9-7(4-3-5-11-9)8(12-13)10(14)15/h3-6H,1-2H3,(H,14,15). The fourth-order valence-corrected chi connectivity index (χ4v) is 1.49. The van der Waals surface area contributed by atoms with E-state index >= 15 is 0 Å². The van der Waals surface area contributed by atoms with Gasteiger partial charge in [0, 0.05) is 12.2 Å². The van der Waals surface area contributed by atoms with Crippen molar-refractivity contribution in [2.75, 3.05) is 0 Å². The average molecular weight is 205 g/mol. The van der Waals surface area contributed by atoms with Crippen molar-refractivity contribution in [1.29, 1.82) is 0 Å². The van der Waals surface area contributed by atoms with Gasteiger partial charge in [0.15, 0.2) is 11.3 Å². The van der Waals surface area contributed by atoms with E-state index in [9.17, 15) is 4.79 Å². The minimum Gasteiger partial charge on any atom is -0.476 e. The lowest BCUT2D eigenvalue weighted by Gasteiger charge is -2.04. The largest absolute Gasteiger partial charge is 0.476 e. The Morgan fingerprint density at radius 1 is 1.53 bits per heavy atom. The average Bonchev–Trinajstić information content (AvgIpc) is 2.56. The predicted octanol–water partition coefficient (Wildman–Crippen LogP) is 1.71. The third kappa shape index (κ3) is 1.45. The molecule has 0 radical (unpaired) electrons. The summed E-state index contributed by atoms with van der Waals surface area (Å²) < 4.78 is 1.62. The highest BCUT2D eigenvalue weighted by molar-refractivity contribution is 5.99. The molecule has 2 aromatic rings. The molecule has 15 heavy (non-hydrogen) atoms. The quantitative estimate of drug-likeness (QED) is 0.810. The Kier molecular flexibility index (Phi) is 2.15. The molecule has 1 N–H and O–H groups in total. The van der Waals surface area contributed by atoms with Gasteiger partial charge in [0.1, 0.15) is 0 Å². The van der Waals surface area contributed by atoms with Crippen LogP contribution in [0.2, 0.25) is 0 Å². The van der Waals surface area contributed by atoms with Crippen molar-refractivity contribution >= 4 is 17.0 Å². The molecule has 0 aliphatic carbocycles. The first kappa shape index (κ1) is 9.64. The van der Waals surface area contributed by atoms with E-state index in [1.807, 2.05) is 13.8 Å². The number of hydrogen-bond acceptors (Lipinski definition) is 3. The van der Waals surface area contributed by atoms with Crippen LogP contribution in [0.4, 0.5) is 0 Å². The van der Waals surface area contributed by atoms with Crippen LogP contribution >= 0.6 is 0 Å². The van der Waals surface area contributed by atoms with Crippen LogP contribution in [0, 0.1) is 0 Å². The van der Waals surface area contributed by atoms with Gasteiger partial charge in [-0.25, -0.2) is 14.5 Å². The molecule has 0 aromatic carbocycles. The Morgan fingerprint density at radius 3 is 2.87 bits per heavy atom. The van der Waals surface area contributed by atoms with Crippen LogP contribution in [0.25, 0.3) is 11.0 Å². The molecule has 2 aromatic heterocycles. The summed E-state index contributed by atoms with van der Waals surface area (Å²) in [6, 6.07) is 3.52. The van der Waals surface area contributed by atoms with Crippen molar-refractivity contribution in [3.8, 4) is 0 Å². The molecule has 0 fully saturated rings. The monoisotopic (exact) mass is 205 g/mol. The number of carbonyl (C=O) groups is 1. The fraction of sp³-hybridized carbons (Fsp3) is 0.300. The van der Waals surface area contributed by atoms with E-state index in [2.05, 4.69) is 10.1 Å². The van der Waals surface area contributed by atoms with E-state index in [0.717, 1.165) is 0 Å². The molecule has 0 saturated heterocycles. The van der Waals surface area contributed by atoms with E-state index in [-0.39, 0.29) is 11.7 Å². The fourth-order valence-electron chi connectivity index (χ4n) is 1.49. The van der Waals surface area contributed by atoms with Crippen LogP contribution in [0.5, 0.6) is 0 Å². The molecule has 0 aliphatic heterocycles. The number of carboxylic acids is 1. The maximum absolute atomic E-state index is 10.9. The first-order valence-corrected chi connectivity index (χ1v) is 4.67. The number of carboxylic acid groups (broad SMARTS) is 1. The summed E-state index contributed by atoms with van der Waals surface area (Å²) in [5.41, 5.74) is 0.678. The Morgan fingerprint density at radius 2 is 2.27 bits per heavy atom. The van der Waals surface area contributed by atoms with Crippen LogP contribution in [0.15, 0.2) is 18.3 Å². The zero-order valence-corrected chi connectivity index (χ0v) is 8.51. The lowest BCUT2D eigenvalue weighted by atomic mass is 10.2. The third-order valence-corrected chi connectivity index (χ3v) is 2.16. The summed E-state index contributed by atoms with van der Waals surface area (Å²) >= 11 is 0. The predicted molar refractivity (Wildman–Crippen MR) is 54.9 cm³/mol. The molecule has 78 valence electrons.